The molecule has 3 aromatic carbocycles. The molecule has 0 saturated carbocycles. The molecule has 0 aliphatic carbocycles. The number of carbonyl (C=O) groups excluding carboxylic acids is 3. The third-order valence-electron chi connectivity index (χ3n) is 7.41. The molecule has 3 amide bonds. The summed E-state index contributed by atoms with van der Waals surface area (Å²) >= 11 is 0.895. The second-order valence-electron chi connectivity index (χ2n) is 9.76. The van der Waals surface area contributed by atoms with Crippen LogP contribution in [-0.2, 0) is 22.6 Å². The van der Waals surface area contributed by atoms with Gasteiger partial charge in [-0.05, 0) is 72.3 Å². The quantitative estimate of drug-likeness (QED) is 0.315. The Labute approximate surface area is 225 Å². The number of imide groups is 1. The molecule has 1 fully saturated rings. The Balaban J connectivity index is 1.24. The summed E-state index contributed by atoms with van der Waals surface area (Å²) in [5.41, 5.74) is 6.31. The lowest BCUT2D eigenvalue weighted by atomic mass is 10.00. The first kappa shape index (κ1) is 24.2. The highest BCUT2D eigenvalue weighted by molar-refractivity contribution is 8.18. The van der Waals surface area contributed by atoms with Crippen LogP contribution < -0.4 is 0 Å². The van der Waals surface area contributed by atoms with Crippen LogP contribution in [0.3, 0.4) is 0 Å². The normalized spacial score (nSPS) is 16.5. The van der Waals surface area contributed by atoms with Crippen LogP contribution in [0.15, 0.2) is 77.7 Å². The van der Waals surface area contributed by atoms with E-state index in [-0.39, 0.29) is 12.5 Å². The molecule has 0 bridgehead atoms. The minimum atomic E-state index is -0.416. The van der Waals surface area contributed by atoms with Crippen molar-refractivity contribution in [3.05, 3.63) is 106 Å². The van der Waals surface area contributed by atoms with E-state index in [1.807, 2.05) is 56.3 Å². The Morgan fingerprint density at radius 2 is 1.68 bits per heavy atom. The lowest BCUT2D eigenvalue weighted by Gasteiger charge is -2.29. The number of hydrogen-bond donors (Lipinski definition) is 0. The maximum absolute atomic E-state index is 13.2. The van der Waals surface area contributed by atoms with Gasteiger partial charge in [0.2, 0.25) is 5.91 Å². The van der Waals surface area contributed by atoms with Gasteiger partial charge >= 0.3 is 0 Å². The van der Waals surface area contributed by atoms with Crippen LogP contribution in [0.4, 0.5) is 4.79 Å². The number of aryl methyl sites for hydroxylation is 1. The monoisotopic (exact) mass is 521 g/mol. The van der Waals surface area contributed by atoms with Crippen molar-refractivity contribution in [2.24, 2.45) is 0 Å². The highest BCUT2D eigenvalue weighted by Gasteiger charge is 2.37. The predicted molar refractivity (Wildman–Crippen MR) is 151 cm³/mol. The largest absolute Gasteiger partial charge is 0.336 e. The molecule has 0 N–H and O–H groups in total. The zero-order valence-electron chi connectivity index (χ0n) is 21.3. The molecule has 2 aliphatic rings. The van der Waals surface area contributed by atoms with E-state index in [0.29, 0.717) is 18.0 Å². The van der Waals surface area contributed by atoms with Crippen LogP contribution in [0.25, 0.3) is 22.5 Å². The number of thioether (sulfide) groups is 1. The highest BCUT2D eigenvalue weighted by Crippen LogP contribution is 2.35. The van der Waals surface area contributed by atoms with Crippen LogP contribution in [-0.4, -0.2) is 44.5 Å². The van der Waals surface area contributed by atoms with Crippen LogP contribution in [0.5, 0.6) is 0 Å². The Hall–Kier alpha value is -4.10. The summed E-state index contributed by atoms with van der Waals surface area (Å²) in [5, 5.41) is 1.89. The zero-order chi connectivity index (χ0) is 26.4. The van der Waals surface area contributed by atoms with Crippen LogP contribution in [0.1, 0.15) is 28.1 Å². The van der Waals surface area contributed by atoms with Crippen LogP contribution in [0, 0.1) is 13.8 Å². The molecule has 0 radical (unpaired) electrons. The number of hydrogen-bond acceptors (Lipinski definition) is 4. The number of aromatic nitrogens is 1. The molecule has 7 heteroatoms. The summed E-state index contributed by atoms with van der Waals surface area (Å²) in [6, 6.07) is 24.6. The molecule has 2 aliphatic heterocycles. The summed E-state index contributed by atoms with van der Waals surface area (Å²) in [6.07, 6.45) is 2.55. The molecule has 0 atom stereocenters. The molecular formula is C31H27N3O3S. The summed E-state index contributed by atoms with van der Waals surface area (Å²) in [6.45, 7) is 4.90. The summed E-state index contributed by atoms with van der Waals surface area (Å²) < 4.78 is 2.18. The topological polar surface area (TPSA) is 62.6 Å². The highest BCUT2D eigenvalue weighted by atomic mass is 32.2. The van der Waals surface area contributed by atoms with Gasteiger partial charge in [0, 0.05) is 29.9 Å². The summed E-state index contributed by atoms with van der Waals surface area (Å²) in [4.78, 5) is 42.2. The number of amides is 3. The Bertz CT molecular complexity index is 1650. The minimum Gasteiger partial charge on any atom is -0.336 e. The van der Waals surface area contributed by atoms with Gasteiger partial charge in [-0.3, -0.25) is 19.3 Å². The number of fused-ring (bicyclic) bond motifs is 2. The van der Waals surface area contributed by atoms with E-state index < -0.39 is 11.1 Å². The van der Waals surface area contributed by atoms with Crippen molar-refractivity contribution in [1.29, 1.82) is 0 Å². The van der Waals surface area contributed by atoms with Crippen LogP contribution >= 0.6 is 11.8 Å². The molecule has 0 spiro atoms. The fraction of sp³-hybridized carbons (Fsp3) is 0.194. The van der Waals surface area contributed by atoms with Gasteiger partial charge in [-0.2, -0.15) is 0 Å². The van der Waals surface area contributed by atoms with Gasteiger partial charge in [-0.1, -0.05) is 60.7 Å². The third kappa shape index (κ3) is 4.23. The van der Waals surface area contributed by atoms with E-state index in [9.17, 15) is 14.4 Å². The Morgan fingerprint density at radius 1 is 0.947 bits per heavy atom. The molecule has 3 heterocycles. The van der Waals surface area contributed by atoms with Gasteiger partial charge in [0.15, 0.2) is 0 Å². The van der Waals surface area contributed by atoms with Gasteiger partial charge in [0.05, 0.1) is 10.6 Å². The fourth-order valence-corrected chi connectivity index (χ4v) is 6.26. The Morgan fingerprint density at radius 3 is 2.53 bits per heavy atom. The van der Waals surface area contributed by atoms with Crippen molar-refractivity contribution in [2.45, 2.75) is 26.8 Å². The molecule has 0 unspecified atom stereocenters. The lowest BCUT2D eigenvalue weighted by molar-refractivity contribution is -0.136. The van der Waals surface area contributed by atoms with Crippen molar-refractivity contribution in [3.8, 4) is 5.69 Å². The van der Waals surface area contributed by atoms with E-state index in [2.05, 4.69) is 34.9 Å². The second kappa shape index (κ2) is 9.65. The average molecular weight is 522 g/mol. The minimum absolute atomic E-state index is 0.211. The summed E-state index contributed by atoms with van der Waals surface area (Å²) in [7, 11) is 0. The van der Waals surface area contributed by atoms with E-state index in [0.717, 1.165) is 62.1 Å². The average Bonchev–Trinajstić information content (AvgIpc) is 3.36. The molecule has 6 rings (SSSR count). The molecule has 6 nitrogen and oxygen atoms in total. The standard InChI is InChI=1S/C31H27N3O3S/c1-20-16-25(21(2)34(20)27-13-7-11-23-9-5-6-12-26(23)27)17-28-30(36)33(31(37)38-28)19-29(35)32-15-14-22-8-3-4-10-24(22)18-32/h3-13,16-17H,14-15,18-19H2,1-2H3/b28-17-. The van der Waals surface area contributed by atoms with E-state index >= 15 is 0 Å². The van der Waals surface area contributed by atoms with Crippen molar-refractivity contribution in [2.75, 3.05) is 13.1 Å². The fourth-order valence-electron chi connectivity index (χ4n) is 5.43. The molecule has 1 aromatic heterocycles. The first-order valence-corrected chi connectivity index (χ1v) is 13.5. The van der Waals surface area contributed by atoms with Crippen molar-refractivity contribution in [3.63, 3.8) is 0 Å². The smallest absolute Gasteiger partial charge is 0.294 e. The molecule has 1 saturated heterocycles. The number of nitrogens with zero attached hydrogens (tertiary/aromatic N) is 3. The first-order chi connectivity index (χ1) is 18.4. The third-order valence-corrected chi connectivity index (χ3v) is 8.32. The number of rotatable bonds is 4. The maximum atomic E-state index is 13.2. The lowest BCUT2D eigenvalue weighted by Crippen LogP contribution is -2.44. The van der Waals surface area contributed by atoms with E-state index in [1.54, 1.807) is 11.0 Å². The van der Waals surface area contributed by atoms with Gasteiger partial charge in [-0.15, -0.1) is 0 Å². The second-order valence-corrected chi connectivity index (χ2v) is 10.8. The van der Waals surface area contributed by atoms with Gasteiger partial charge < -0.3 is 9.47 Å². The van der Waals surface area contributed by atoms with Gasteiger partial charge in [-0.25, -0.2) is 0 Å². The van der Waals surface area contributed by atoms with Crippen molar-refractivity contribution >= 4 is 45.7 Å². The molecular weight excluding hydrogens is 494 g/mol. The first-order valence-electron chi connectivity index (χ1n) is 12.7. The van der Waals surface area contributed by atoms with Gasteiger partial charge in [0.25, 0.3) is 11.1 Å². The number of benzene rings is 3. The maximum Gasteiger partial charge on any atom is 0.294 e. The number of carbonyl (C=O) groups is 3. The summed E-state index contributed by atoms with van der Waals surface area (Å²) in [5.74, 6) is -0.627. The Kier molecular flexibility index (Phi) is 6.16. The van der Waals surface area contributed by atoms with E-state index in [1.165, 1.54) is 5.56 Å². The van der Waals surface area contributed by atoms with Crippen molar-refractivity contribution < 1.29 is 14.4 Å². The SMILES string of the molecule is Cc1cc(/C=C2\SC(=O)N(CC(=O)N3CCc4ccccc4C3)C2=O)c(C)n1-c1cccc2ccccc12. The zero-order valence-corrected chi connectivity index (χ0v) is 22.1. The predicted octanol–water partition coefficient (Wildman–Crippen LogP) is 5.87. The molecule has 190 valence electrons. The molecule has 4 aromatic rings. The molecule has 38 heavy (non-hydrogen) atoms. The van der Waals surface area contributed by atoms with Crippen LogP contribution in [0.2, 0.25) is 0 Å². The van der Waals surface area contributed by atoms with Gasteiger partial charge in [0.1, 0.15) is 6.54 Å². The van der Waals surface area contributed by atoms with Crippen molar-refractivity contribution in [1.82, 2.24) is 14.4 Å². The van der Waals surface area contributed by atoms with E-state index in [4.69, 9.17) is 0 Å².